The molecule has 7 nitrogen and oxygen atoms in total. The Morgan fingerprint density at radius 1 is 1.21 bits per heavy atom. The minimum Gasteiger partial charge on any atom is -0.337 e. The molecule has 1 saturated heterocycles. The second kappa shape index (κ2) is 9.46. The van der Waals surface area contributed by atoms with Crippen molar-refractivity contribution in [2.24, 2.45) is 0 Å². The monoisotopic (exact) mass is 476 g/mol. The van der Waals surface area contributed by atoms with Crippen LogP contribution in [0, 0.1) is 13.8 Å². The highest BCUT2D eigenvalue weighted by Gasteiger charge is 2.54. The number of pyridine rings is 1. The molecule has 0 radical (unpaired) electrons. The Morgan fingerprint density at radius 3 is 2.62 bits per heavy atom. The molecular formula is C26H28N4O3S. The standard InChI is InChI=1S/C26H28N4O3S/c1-17-8-5-6-10-21(17)26(12-22(31)29(4)19(3)24-28-18(2)16-34-24)13-23(32)30(25(26)33)15-20-9-7-11-27-14-20/h5-11,14,16,19H,12-13,15H2,1-4H3/t19-,26+/m0/s1. The smallest absolute Gasteiger partial charge is 0.241 e. The van der Waals surface area contributed by atoms with Gasteiger partial charge in [-0.05, 0) is 43.5 Å². The van der Waals surface area contributed by atoms with Gasteiger partial charge in [-0.1, -0.05) is 30.3 Å². The molecule has 0 aliphatic carbocycles. The molecule has 1 aliphatic rings. The minimum absolute atomic E-state index is 0.0404. The van der Waals surface area contributed by atoms with Crippen LogP contribution < -0.4 is 0 Å². The maximum atomic E-state index is 13.9. The van der Waals surface area contributed by atoms with Gasteiger partial charge in [0.2, 0.25) is 17.7 Å². The summed E-state index contributed by atoms with van der Waals surface area (Å²) in [5.74, 6) is -0.820. The molecule has 0 spiro atoms. The average Bonchev–Trinajstić information content (AvgIpc) is 3.36. The molecule has 1 aliphatic heterocycles. The largest absolute Gasteiger partial charge is 0.337 e. The first-order chi connectivity index (χ1) is 16.2. The molecule has 2 atom stereocenters. The van der Waals surface area contributed by atoms with E-state index >= 15 is 0 Å². The lowest BCUT2D eigenvalue weighted by molar-refractivity contribution is -0.143. The molecule has 0 bridgehead atoms. The van der Waals surface area contributed by atoms with E-state index in [0.717, 1.165) is 27.4 Å². The van der Waals surface area contributed by atoms with Gasteiger partial charge in [-0.2, -0.15) is 0 Å². The van der Waals surface area contributed by atoms with Gasteiger partial charge in [-0.15, -0.1) is 11.3 Å². The Hall–Kier alpha value is -3.39. The first kappa shape index (κ1) is 23.8. The number of carbonyl (C=O) groups excluding carboxylic acids is 3. The van der Waals surface area contributed by atoms with E-state index in [9.17, 15) is 14.4 Å². The molecule has 176 valence electrons. The molecule has 8 heteroatoms. The first-order valence-electron chi connectivity index (χ1n) is 11.2. The van der Waals surface area contributed by atoms with Crippen LogP contribution in [0.1, 0.15) is 53.2 Å². The third-order valence-corrected chi connectivity index (χ3v) is 7.69. The fourth-order valence-corrected chi connectivity index (χ4v) is 5.41. The molecule has 4 rings (SSSR count). The van der Waals surface area contributed by atoms with Crippen LogP contribution >= 0.6 is 11.3 Å². The normalized spacial score (nSPS) is 18.9. The van der Waals surface area contributed by atoms with Gasteiger partial charge in [0, 0.05) is 43.4 Å². The number of aromatic nitrogens is 2. The molecule has 3 amide bonds. The van der Waals surface area contributed by atoms with Crippen molar-refractivity contribution in [3.05, 3.63) is 81.6 Å². The van der Waals surface area contributed by atoms with Crippen LogP contribution in [0.25, 0.3) is 0 Å². The third-order valence-electron chi connectivity index (χ3n) is 6.55. The Morgan fingerprint density at radius 2 is 1.97 bits per heavy atom. The van der Waals surface area contributed by atoms with Crippen LogP contribution in [-0.2, 0) is 26.3 Å². The van der Waals surface area contributed by atoms with Crippen molar-refractivity contribution < 1.29 is 14.4 Å². The number of thiazole rings is 1. The van der Waals surface area contributed by atoms with Gasteiger partial charge < -0.3 is 4.90 Å². The second-order valence-electron chi connectivity index (χ2n) is 8.90. The van der Waals surface area contributed by atoms with E-state index in [0.29, 0.717) is 0 Å². The fourth-order valence-electron chi connectivity index (χ4n) is 4.52. The van der Waals surface area contributed by atoms with Crippen molar-refractivity contribution in [1.29, 1.82) is 0 Å². The quantitative estimate of drug-likeness (QED) is 0.482. The maximum Gasteiger partial charge on any atom is 0.241 e. The van der Waals surface area contributed by atoms with E-state index < -0.39 is 5.41 Å². The summed E-state index contributed by atoms with van der Waals surface area (Å²) in [5.41, 5.74) is 2.04. The lowest BCUT2D eigenvalue weighted by atomic mass is 9.74. The molecule has 0 saturated carbocycles. The predicted octanol–water partition coefficient (Wildman–Crippen LogP) is 3.96. The van der Waals surface area contributed by atoms with Crippen LogP contribution in [-0.4, -0.2) is 44.5 Å². The summed E-state index contributed by atoms with van der Waals surface area (Å²) in [6.45, 7) is 5.89. The molecule has 1 aromatic carbocycles. The maximum absolute atomic E-state index is 13.9. The van der Waals surface area contributed by atoms with E-state index in [4.69, 9.17) is 0 Å². The topological polar surface area (TPSA) is 83.5 Å². The number of aryl methyl sites for hydroxylation is 2. The van der Waals surface area contributed by atoms with Crippen LogP contribution in [0.2, 0.25) is 0 Å². The molecule has 34 heavy (non-hydrogen) atoms. The SMILES string of the molecule is Cc1csc([C@H](C)N(C)C(=O)C[C@]2(c3ccccc3C)CC(=O)N(Cc3cccnc3)C2=O)n1. The number of hydrogen-bond donors (Lipinski definition) is 0. The van der Waals surface area contributed by atoms with Crippen molar-refractivity contribution in [3.8, 4) is 0 Å². The highest BCUT2D eigenvalue weighted by atomic mass is 32.1. The van der Waals surface area contributed by atoms with Crippen molar-refractivity contribution >= 4 is 29.1 Å². The van der Waals surface area contributed by atoms with Crippen molar-refractivity contribution in [3.63, 3.8) is 0 Å². The predicted molar refractivity (Wildman–Crippen MR) is 130 cm³/mol. The summed E-state index contributed by atoms with van der Waals surface area (Å²) >= 11 is 1.51. The zero-order chi connectivity index (χ0) is 24.5. The van der Waals surface area contributed by atoms with Gasteiger partial charge in [0.1, 0.15) is 5.01 Å². The van der Waals surface area contributed by atoms with Gasteiger partial charge in [0.25, 0.3) is 0 Å². The summed E-state index contributed by atoms with van der Waals surface area (Å²) in [7, 11) is 1.73. The molecule has 0 N–H and O–H groups in total. The highest BCUT2D eigenvalue weighted by molar-refractivity contribution is 7.09. The Kier molecular flexibility index (Phi) is 6.61. The van der Waals surface area contributed by atoms with Crippen LogP contribution in [0.5, 0.6) is 0 Å². The van der Waals surface area contributed by atoms with Crippen LogP contribution in [0.3, 0.4) is 0 Å². The zero-order valence-electron chi connectivity index (χ0n) is 19.8. The van der Waals surface area contributed by atoms with Gasteiger partial charge >= 0.3 is 0 Å². The highest BCUT2D eigenvalue weighted by Crippen LogP contribution is 2.42. The second-order valence-corrected chi connectivity index (χ2v) is 9.79. The number of benzene rings is 1. The molecule has 3 aromatic rings. The summed E-state index contributed by atoms with van der Waals surface area (Å²) in [4.78, 5) is 52.1. The van der Waals surface area contributed by atoms with Gasteiger partial charge in [0.15, 0.2) is 0 Å². The number of imide groups is 1. The number of nitrogens with zero attached hydrogens (tertiary/aromatic N) is 4. The number of hydrogen-bond acceptors (Lipinski definition) is 6. The van der Waals surface area contributed by atoms with E-state index in [-0.39, 0.29) is 43.1 Å². The number of likely N-dealkylation sites (tertiary alicyclic amines) is 1. The number of amides is 3. The lowest BCUT2D eigenvalue weighted by Crippen LogP contribution is -2.43. The van der Waals surface area contributed by atoms with Crippen molar-refractivity contribution in [1.82, 2.24) is 19.8 Å². The summed E-state index contributed by atoms with van der Waals surface area (Å²) in [6, 6.07) is 10.9. The van der Waals surface area contributed by atoms with E-state index in [1.54, 1.807) is 30.4 Å². The molecule has 1 fully saturated rings. The Balaban J connectivity index is 1.67. The lowest BCUT2D eigenvalue weighted by Gasteiger charge is -2.32. The van der Waals surface area contributed by atoms with Gasteiger partial charge in [-0.3, -0.25) is 24.3 Å². The average molecular weight is 477 g/mol. The number of carbonyl (C=O) groups is 3. The molecular weight excluding hydrogens is 448 g/mol. The van der Waals surface area contributed by atoms with E-state index in [1.165, 1.54) is 16.2 Å². The van der Waals surface area contributed by atoms with E-state index in [1.807, 2.05) is 56.5 Å². The zero-order valence-corrected chi connectivity index (χ0v) is 20.6. The molecule has 2 aromatic heterocycles. The first-order valence-corrected chi connectivity index (χ1v) is 12.1. The molecule has 0 unspecified atom stereocenters. The summed E-state index contributed by atoms with van der Waals surface area (Å²) in [5, 5.41) is 2.79. The van der Waals surface area contributed by atoms with Gasteiger partial charge in [-0.25, -0.2) is 4.98 Å². The van der Waals surface area contributed by atoms with E-state index in [2.05, 4.69) is 9.97 Å². The minimum atomic E-state index is -1.24. The van der Waals surface area contributed by atoms with Crippen LogP contribution in [0.4, 0.5) is 0 Å². The molecule has 3 heterocycles. The summed E-state index contributed by atoms with van der Waals surface area (Å²) in [6.07, 6.45) is 3.16. The van der Waals surface area contributed by atoms with Crippen molar-refractivity contribution in [2.75, 3.05) is 7.05 Å². The summed E-state index contributed by atoms with van der Waals surface area (Å²) < 4.78 is 0. The number of rotatable bonds is 7. The van der Waals surface area contributed by atoms with Crippen LogP contribution in [0.15, 0.2) is 54.2 Å². The third kappa shape index (κ3) is 4.37. The van der Waals surface area contributed by atoms with Gasteiger partial charge in [0.05, 0.1) is 18.0 Å². The Labute approximate surface area is 203 Å². The fraction of sp³-hybridized carbons (Fsp3) is 0.346. The van der Waals surface area contributed by atoms with Crippen molar-refractivity contribution in [2.45, 2.75) is 51.6 Å². The Bertz CT molecular complexity index is 1230.